The zero-order valence-corrected chi connectivity index (χ0v) is 5.70. The van der Waals surface area contributed by atoms with Gasteiger partial charge in [-0.25, -0.2) is 4.98 Å². The molecule has 0 radical (unpaired) electrons. The van der Waals surface area contributed by atoms with E-state index in [1.807, 2.05) is 0 Å². The predicted octanol–water partition coefficient (Wildman–Crippen LogP) is -0.300. The molecule has 0 saturated carbocycles. The van der Waals surface area contributed by atoms with E-state index in [0.717, 1.165) is 0 Å². The Morgan fingerprint density at radius 3 is 2.45 bits per heavy atom. The average Bonchev–Trinajstić information content (AvgIpc) is 2.01. The molecule has 5 nitrogen and oxygen atoms in total. The molecule has 0 aliphatic heterocycles. The van der Waals surface area contributed by atoms with E-state index < -0.39 is 0 Å². The molecule has 0 aliphatic carbocycles. The van der Waals surface area contributed by atoms with Crippen molar-refractivity contribution in [3.8, 4) is 6.07 Å². The molecule has 5 heteroatoms. The predicted molar refractivity (Wildman–Crippen MR) is 42.2 cm³/mol. The van der Waals surface area contributed by atoms with Crippen molar-refractivity contribution in [1.29, 1.82) is 5.26 Å². The minimum absolute atomic E-state index is 0.108. The van der Waals surface area contributed by atoms with E-state index in [2.05, 4.69) is 4.98 Å². The van der Waals surface area contributed by atoms with Crippen LogP contribution in [0.1, 0.15) is 5.69 Å². The van der Waals surface area contributed by atoms with Crippen LogP contribution in [0, 0.1) is 11.3 Å². The second-order valence-electron chi connectivity index (χ2n) is 2.00. The highest BCUT2D eigenvalue weighted by atomic mass is 14.8. The molecule has 0 fully saturated rings. The summed E-state index contributed by atoms with van der Waals surface area (Å²) in [5.74, 6) is 0. The van der Waals surface area contributed by atoms with Crippen LogP contribution in [-0.2, 0) is 0 Å². The summed E-state index contributed by atoms with van der Waals surface area (Å²) in [6, 6.07) is 1.79. The smallest absolute Gasteiger partial charge is 0.165 e. The van der Waals surface area contributed by atoms with Crippen LogP contribution in [0.5, 0.6) is 0 Å². The van der Waals surface area contributed by atoms with Gasteiger partial charge >= 0.3 is 0 Å². The highest BCUT2D eigenvalue weighted by molar-refractivity contribution is 5.79. The standard InChI is InChI=1S/C6H7N5/c7-1-4-6(10)5(9)3(8)2-11-4/h2H,8,10H2,(H2,9,11). The molecule has 0 atom stereocenters. The maximum absolute atomic E-state index is 8.44. The van der Waals surface area contributed by atoms with Gasteiger partial charge in [-0.1, -0.05) is 0 Å². The normalized spacial score (nSPS) is 9.00. The topological polar surface area (TPSA) is 115 Å². The van der Waals surface area contributed by atoms with Crippen molar-refractivity contribution < 1.29 is 0 Å². The molecule has 0 bridgehead atoms. The fraction of sp³-hybridized carbons (Fsp3) is 0. The van der Waals surface area contributed by atoms with Crippen molar-refractivity contribution in [2.45, 2.75) is 0 Å². The number of nitriles is 1. The van der Waals surface area contributed by atoms with Crippen LogP contribution in [0.3, 0.4) is 0 Å². The van der Waals surface area contributed by atoms with Gasteiger partial charge in [-0.2, -0.15) is 5.26 Å². The van der Waals surface area contributed by atoms with Gasteiger partial charge in [0.1, 0.15) is 6.07 Å². The number of hydrogen-bond acceptors (Lipinski definition) is 5. The SMILES string of the molecule is N#Cc1ncc(N)c(N)c1N. The number of nitrogen functional groups attached to an aromatic ring is 3. The molecule has 56 valence electrons. The molecule has 1 aromatic rings. The van der Waals surface area contributed by atoms with Gasteiger partial charge in [-0.3, -0.25) is 0 Å². The quantitative estimate of drug-likeness (QED) is 0.468. The summed E-state index contributed by atoms with van der Waals surface area (Å²) in [6.07, 6.45) is 1.31. The molecule has 0 saturated heterocycles. The van der Waals surface area contributed by atoms with Crippen molar-refractivity contribution in [2.75, 3.05) is 17.2 Å². The van der Waals surface area contributed by atoms with Gasteiger partial charge in [0.2, 0.25) is 0 Å². The van der Waals surface area contributed by atoms with Crippen LogP contribution < -0.4 is 17.2 Å². The maximum Gasteiger partial charge on any atom is 0.165 e. The highest BCUT2D eigenvalue weighted by Gasteiger charge is 2.05. The largest absolute Gasteiger partial charge is 0.396 e. The van der Waals surface area contributed by atoms with Gasteiger partial charge in [0.15, 0.2) is 5.69 Å². The monoisotopic (exact) mass is 149 g/mol. The first-order valence-corrected chi connectivity index (χ1v) is 2.86. The van der Waals surface area contributed by atoms with Crippen molar-refractivity contribution in [2.24, 2.45) is 0 Å². The molecule has 0 aromatic carbocycles. The Morgan fingerprint density at radius 2 is 1.91 bits per heavy atom. The summed E-state index contributed by atoms with van der Waals surface area (Å²) >= 11 is 0. The van der Waals surface area contributed by atoms with Crippen molar-refractivity contribution in [3.63, 3.8) is 0 Å². The van der Waals surface area contributed by atoms with Crippen molar-refractivity contribution in [3.05, 3.63) is 11.9 Å². The average molecular weight is 149 g/mol. The summed E-state index contributed by atoms with van der Waals surface area (Å²) in [6.45, 7) is 0. The summed E-state index contributed by atoms with van der Waals surface area (Å²) < 4.78 is 0. The highest BCUT2D eigenvalue weighted by Crippen LogP contribution is 2.22. The molecule has 0 aliphatic rings. The first-order chi connectivity index (χ1) is 5.16. The van der Waals surface area contributed by atoms with E-state index in [9.17, 15) is 0 Å². The van der Waals surface area contributed by atoms with Crippen LogP contribution >= 0.6 is 0 Å². The van der Waals surface area contributed by atoms with Gasteiger partial charge in [-0.05, 0) is 0 Å². The van der Waals surface area contributed by atoms with Gasteiger partial charge in [-0.15, -0.1) is 0 Å². The van der Waals surface area contributed by atoms with Crippen LogP contribution in [0.15, 0.2) is 6.20 Å². The molecule has 0 unspecified atom stereocenters. The Balaban J connectivity index is 3.40. The lowest BCUT2D eigenvalue weighted by molar-refractivity contribution is 1.27. The van der Waals surface area contributed by atoms with Crippen LogP contribution in [0.25, 0.3) is 0 Å². The van der Waals surface area contributed by atoms with E-state index in [1.54, 1.807) is 6.07 Å². The van der Waals surface area contributed by atoms with Crippen LogP contribution in [0.4, 0.5) is 17.1 Å². The van der Waals surface area contributed by atoms with Crippen molar-refractivity contribution >= 4 is 17.1 Å². The van der Waals surface area contributed by atoms with E-state index in [0.29, 0.717) is 5.69 Å². The summed E-state index contributed by atoms with van der Waals surface area (Å²) in [5.41, 5.74) is 17.0. The second-order valence-corrected chi connectivity index (χ2v) is 2.00. The Hall–Kier alpha value is -1.96. The number of rotatable bonds is 0. The number of pyridine rings is 1. The lowest BCUT2D eigenvalue weighted by atomic mass is 10.2. The Bertz CT molecular complexity index is 324. The fourth-order valence-electron chi connectivity index (χ4n) is 0.645. The third-order valence-electron chi connectivity index (χ3n) is 1.29. The number of nitrogens with zero attached hydrogens (tertiary/aromatic N) is 2. The Kier molecular flexibility index (Phi) is 1.52. The zero-order chi connectivity index (χ0) is 8.43. The van der Waals surface area contributed by atoms with Crippen LogP contribution in [-0.4, -0.2) is 4.98 Å². The molecule has 0 spiro atoms. The van der Waals surface area contributed by atoms with E-state index in [1.165, 1.54) is 6.20 Å². The fourth-order valence-corrected chi connectivity index (χ4v) is 0.645. The van der Waals surface area contributed by atoms with E-state index in [4.69, 9.17) is 22.5 Å². The molecule has 11 heavy (non-hydrogen) atoms. The number of hydrogen-bond donors (Lipinski definition) is 3. The Labute approximate surface area is 63.4 Å². The minimum Gasteiger partial charge on any atom is -0.396 e. The lowest BCUT2D eigenvalue weighted by Crippen LogP contribution is -2.03. The van der Waals surface area contributed by atoms with Gasteiger partial charge < -0.3 is 17.2 Å². The molecule has 1 rings (SSSR count). The van der Waals surface area contributed by atoms with Gasteiger partial charge in [0, 0.05) is 0 Å². The second kappa shape index (κ2) is 2.34. The van der Waals surface area contributed by atoms with E-state index in [-0.39, 0.29) is 17.1 Å². The number of nitrogens with two attached hydrogens (primary N) is 3. The molecular formula is C6H7N5. The summed E-state index contributed by atoms with van der Waals surface area (Å²) in [4.78, 5) is 3.67. The maximum atomic E-state index is 8.44. The molecule has 1 heterocycles. The van der Waals surface area contributed by atoms with Gasteiger partial charge in [0.05, 0.1) is 23.3 Å². The lowest BCUT2D eigenvalue weighted by Gasteiger charge is -2.02. The first kappa shape index (κ1) is 7.15. The molecule has 0 amide bonds. The first-order valence-electron chi connectivity index (χ1n) is 2.86. The van der Waals surface area contributed by atoms with Gasteiger partial charge in [0.25, 0.3) is 0 Å². The third kappa shape index (κ3) is 1.01. The van der Waals surface area contributed by atoms with Crippen LogP contribution in [0.2, 0.25) is 0 Å². The third-order valence-corrected chi connectivity index (χ3v) is 1.29. The molecule has 6 N–H and O–H groups in total. The van der Waals surface area contributed by atoms with E-state index >= 15 is 0 Å². The minimum atomic E-state index is 0.108. The zero-order valence-electron chi connectivity index (χ0n) is 5.70. The number of aromatic nitrogens is 1. The molecule has 1 aromatic heterocycles. The van der Waals surface area contributed by atoms with Crippen molar-refractivity contribution in [1.82, 2.24) is 4.98 Å². The Morgan fingerprint density at radius 1 is 1.27 bits per heavy atom. The molecular weight excluding hydrogens is 142 g/mol. The number of anilines is 3. The summed E-state index contributed by atoms with van der Waals surface area (Å²) in [5, 5.41) is 8.44. The summed E-state index contributed by atoms with van der Waals surface area (Å²) in [7, 11) is 0.